The van der Waals surface area contributed by atoms with Crippen LogP contribution in [0.15, 0.2) is 60.2 Å². The maximum Gasteiger partial charge on any atom is 0.301 e. The lowest BCUT2D eigenvalue weighted by Crippen LogP contribution is -2.29. The van der Waals surface area contributed by atoms with E-state index in [0.29, 0.717) is 35.0 Å². The topological polar surface area (TPSA) is 92.6 Å². The van der Waals surface area contributed by atoms with E-state index in [1.54, 1.807) is 48.5 Å². The van der Waals surface area contributed by atoms with Crippen LogP contribution in [0.3, 0.4) is 0 Å². The van der Waals surface area contributed by atoms with Gasteiger partial charge in [0.05, 0.1) is 18.2 Å². The quantitative estimate of drug-likeness (QED) is 0.324. The largest absolute Gasteiger partial charge is 0.507 e. The number of amides is 1. The molecule has 1 atom stereocenters. The molecule has 164 valence electrons. The normalized spacial score (nSPS) is 17.7. The molecule has 1 aromatic heterocycles. The summed E-state index contributed by atoms with van der Waals surface area (Å²) in [5.41, 5.74) is 1.15. The van der Waals surface area contributed by atoms with Crippen molar-refractivity contribution in [3.63, 3.8) is 0 Å². The Hall–Kier alpha value is -3.52. The summed E-state index contributed by atoms with van der Waals surface area (Å²) in [4.78, 5) is 27.5. The van der Waals surface area contributed by atoms with Crippen LogP contribution in [0.2, 0.25) is 0 Å². The third-order valence-corrected chi connectivity index (χ3v) is 6.19. The summed E-state index contributed by atoms with van der Waals surface area (Å²) in [5, 5.41) is 20.4. The van der Waals surface area contributed by atoms with E-state index in [2.05, 4.69) is 10.2 Å². The van der Waals surface area contributed by atoms with Crippen molar-refractivity contribution >= 4 is 33.9 Å². The molecule has 4 rings (SSSR count). The number of rotatable bonds is 7. The number of benzene rings is 2. The number of ketones is 1. The van der Waals surface area contributed by atoms with Gasteiger partial charge in [-0.1, -0.05) is 67.6 Å². The Labute approximate surface area is 190 Å². The highest BCUT2D eigenvalue weighted by Crippen LogP contribution is 2.43. The molecule has 1 unspecified atom stereocenters. The Morgan fingerprint density at radius 1 is 1.06 bits per heavy atom. The fourth-order valence-corrected chi connectivity index (χ4v) is 4.35. The van der Waals surface area contributed by atoms with Gasteiger partial charge in [0.15, 0.2) is 0 Å². The average molecular weight is 450 g/mol. The van der Waals surface area contributed by atoms with Gasteiger partial charge < -0.3 is 9.84 Å². The summed E-state index contributed by atoms with van der Waals surface area (Å²) in [6, 6.07) is 15.1. The lowest BCUT2D eigenvalue weighted by Gasteiger charge is -2.22. The Balaban J connectivity index is 1.85. The maximum atomic E-state index is 13.1. The molecule has 1 fully saturated rings. The van der Waals surface area contributed by atoms with Crippen molar-refractivity contribution in [2.24, 2.45) is 0 Å². The number of hydrogen-bond acceptors (Lipinski definition) is 7. The van der Waals surface area contributed by atoms with Crippen molar-refractivity contribution in [2.75, 3.05) is 11.5 Å². The molecular formula is C24H23N3O4S. The smallest absolute Gasteiger partial charge is 0.301 e. The van der Waals surface area contributed by atoms with Gasteiger partial charge in [-0.3, -0.25) is 14.5 Å². The zero-order valence-electron chi connectivity index (χ0n) is 17.8. The van der Waals surface area contributed by atoms with Crippen molar-refractivity contribution in [3.8, 4) is 5.75 Å². The molecule has 2 aromatic carbocycles. The van der Waals surface area contributed by atoms with Crippen molar-refractivity contribution in [3.05, 3.63) is 76.3 Å². The van der Waals surface area contributed by atoms with Crippen LogP contribution in [-0.4, -0.2) is 33.6 Å². The fraction of sp³-hybridized carbons (Fsp3) is 0.250. The van der Waals surface area contributed by atoms with Crippen LogP contribution >= 0.6 is 11.3 Å². The Morgan fingerprint density at radius 3 is 2.41 bits per heavy atom. The third-order valence-electron chi connectivity index (χ3n) is 5.13. The number of Topliss-reactive ketones (excluding diaryl/α,β-unsaturated/α-hetero) is 1. The van der Waals surface area contributed by atoms with Crippen LogP contribution in [0.25, 0.3) is 5.76 Å². The number of nitrogens with zero attached hydrogens (tertiary/aromatic N) is 3. The molecule has 0 bridgehead atoms. The van der Waals surface area contributed by atoms with Gasteiger partial charge in [-0.25, -0.2) is 0 Å². The second-order valence-corrected chi connectivity index (χ2v) is 8.33. The third kappa shape index (κ3) is 4.01. The minimum Gasteiger partial charge on any atom is -0.507 e. The molecular weight excluding hydrogens is 426 g/mol. The highest BCUT2D eigenvalue weighted by atomic mass is 32.1. The number of aliphatic hydroxyl groups excluding tert-OH is 1. The number of aryl methyl sites for hydroxylation is 1. The molecule has 0 aliphatic carbocycles. The van der Waals surface area contributed by atoms with Crippen LogP contribution in [0.4, 0.5) is 5.13 Å². The Morgan fingerprint density at radius 2 is 1.78 bits per heavy atom. The number of anilines is 1. The summed E-state index contributed by atoms with van der Waals surface area (Å²) < 4.78 is 5.66. The van der Waals surface area contributed by atoms with Gasteiger partial charge in [0.25, 0.3) is 5.78 Å². The van der Waals surface area contributed by atoms with Crippen molar-refractivity contribution in [2.45, 2.75) is 32.7 Å². The molecule has 0 saturated carbocycles. The Bertz CT molecular complexity index is 1160. The maximum absolute atomic E-state index is 13.1. The number of carbonyl (C=O) groups is 2. The minimum absolute atomic E-state index is 0.0247. The summed E-state index contributed by atoms with van der Waals surface area (Å²) in [7, 11) is 0. The number of aromatic nitrogens is 2. The van der Waals surface area contributed by atoms with Crippen LogP contribution < -0.4 is 9.64 Å². The molecule has 8 heteroatoms. The van der Waals surface area contributed by atoms with Crippen molar-refractivity contribution in [1.82, 2.24) is 10.2 Å². The zero-order valence-corrected chi connectivity index (χ0v) is 18.6. The second-order valence-electron chi connectivity index (χ2n) is 7.28. The van der Waals surface area contributed by atoms with Crippen LogP contribution in [-0.2, 0) is 16.0 Å². The minimum atomic E-state index is -0.826. The first kappa shape index (κ1) is 21.7. The molecule has 32 heavy (non-hydrogen) atoms. The predicted octanol–water partition coefficient (Wildman–Crippen LogP) is 4.52. The fourth-order valence-electron chi connectivity index (χ4n) is 3.55. The van der Waals surface area contributed by atoms with E-state index in [0.717, 1.165) is 11.4 Å². The Kier molecular flexibility index (Phi) is 6.32. The number of aliphatic hydroxyl groups is 1. The van der Waals surface area contributed by atoms with Crippen LogP contribution in [0.1, 0.15) is 42.4 Å². The van der Waals surface area contributed by atoms with Gasteiger partial charge in [0.1, 0.15) is 16.5 Å². The monoisotopic (exact) mass is 449 g/mol. The summed E-state index contributed by atoms with van der Waals surface area (Å²) in [6.45, 7) is 4.56. The van der Waals surface area contributed by atoms with Crippen molar-refractivity contribution in [1.29, 1.82) is 0 Å². The first-order valence-corrected chi connectivity index (χ1v) is 11.3. The van der Waals surface area contributed by atoms with Gasteiger partial charge in [-0.2, -0.15) is 0 Å². The molecule has 0 radical (unpaired) electrons. The van der Waals surface area contributed by atoms with E-state index < -0.39 is 17.7 Å². The van der Waals surface area contributed by atoms with Gasteiger partial charge >= 0.3 is 5.91 Å². The van der Waals surface area contributed by atoms with E-state index >= 15 is 0 Å². The SMILES string of the molecule is CCCOc1ccc(C2/C(=C(\O)c3ccccc3)C(=O)C(=O)N2c2nnc(CC)s2)cc1. The van der Waals surface area contributed by atoms with Gasteiger partial charge in [0, 0.05) is 5.56 Å². The van der Waals surface area contributed by atoms with E-state index in [9.17, 15) is 14.7 Å². The van der Waals surface area contributed by atoms with E-state index in [4.69, 9.17) is 4.74 Å². The van der Waals surface area contributed by atoms with Gasteiger partial charge in [-0.05, 0) is 30.5 Å². The van der Waals surface area contributed by atoms with Gasteiger partial charge in [0.2, 0.25) is 5.13 Å². The molecule has 2 heterocycles. The van der Waals surface area contributed by atoms with Crippen LogP contribution in [0, 0.1) is 0 Å². The molecule has 0 spiro atoms. The highest BCUT2D eigenvalue weighted by Gasteiger charge is 2.48. The van der Waals surface area contributed by atoms with E-state index in [1.807, 2.05) is 19.9 Å². The molecule has 3 aromatic rings. The molecule has 1 aliphatic heterocycles. The van der Waals surface area contributed by atoms with Gasteiger partial charge in [-0.15, -0.1) is 10.2 Å². The predicted molar refractivity (Wildman–Crippen MR) is 123 cm³/mol. The summed E-state index contributed by atoms with van der Waals surface area (Å²) in [5.74, 6) is -1.02. The first-order valence-electron chi connectivity index (χ1n) is 10.5. The van der Waals surface area contributed by atoms with Crippen LogP contribution in [0.5, 0.6) is 5.75 Å². The standard InChI is InChI=1S/C24H23N3O4S/c1-3-14-31-17-12-10-15(11-13-17)20-19(21(28)16-8-6-5-7-9-16)22(29)23(30)27(20)24-26-25-18(4-2)32-24/h5-13,20,28H,3-4,14H2,1-2H3/b21-19+. The first-order chi connectivity index (χ1) is 15.5. The molecule has 1 N–H and O–H groups in total. The summed E-state index contributed by atoms with van der Waals surface area (Å²) in [6.07, 6.45) is 1.55. The average Bonchev–Trinajstić information content (AvgIpc) is 3.40. The van der Waals surface area contributed by atoms with E-state index in [-0.39, 0.29) is 11.3 Å². The molecule has 7 nitrogen and oxygen atoms in total. The number of carbonyl (C=O) groups excluding carboxylic acids is 2. The summed E-state index contributed by atoms with van der Waals surface area (Å²) >= 11 is 1.26. The van der Waals surface area contributed by atoms with E-state index in [1.165, 1.54) is 16.2 Å². The molecule has 1 saturated heterocycles. The highest BCUT2D eigenvalue weighted by molar-refractivity contribution is 7.15. The molecule has 1 amide bonds. The number of hydrogen-bond donors (Lipinski definition) is 1. The second kappa shape index (κ2) is 9.32. The number of ether oxygens (including phenoxy) is 1. The zero-order chi connectivity index (χ0) is 22.7. The lowest BCUT2D eigenvalue weighted by atomic mass is 9.95. The molecule has 1 aliphatic rings. The van der Waals surface area contributed by atoms with Crippen molar-refractivity contribution < 1.29 is 19.4 Å². The lowest BCUT2D eigenvalue weighted by molar-refractivity contribution is -0.132.